The maximum absolute atomic E-state index is 13.1. The highest BCUT2D eigenvalue weighted by molar-refractivity contribution is 5.92. The van der Waals surface area contributed by atoms with Crippen LogP contribution in [0, 0.1) is 0 Å². The number of aliphatic hydroxyl groups excluding tert-OH is 1. The highest BCUT2D eigenvalue weighted by Gasteiger charge is 2.26. The van der Waals surface area contributed by atoms with Gasteiger partial charge in [-0.3, -0.25) is 14.6 Å². The second kappa shape index (κ2) is 12.6. The average Bonchev–Trinajstić information content (AvgIpc) is 3.43. The molecule has 0 spiro atoms. The van der Waals surface area contributed by atoms with Gasteiger partial charge in [0.1, 0.15) is 6.26 Å². The molecule has 202 valence electrons. The number of anilines is 1. The summed E-state index contributed by atoms with van der Waals surface area (Å²) in [5.74, 6) is 0.530. The lowest BCUT2D eigenvalue weighted by atomic mass is 10.1. The zero-order valence-electron chi connectivity index (χ0n) is 22.3. The maximum atomic E-state index is 13.1. The third kappa shape index (κ3) is 6.62. The van der Waals surface area contributed by atoms with E-state index >= 15 is 0 Å². The lowest BCUT2D eigenvalue weighted by molar-refractivity contribution is 0.0675. The van der Waals surface area contributed by atoms with Gasteiger partial charge in [0.2, 0.25) is 5.89 Å². The molecule has 2 saturated heterocycles. The summed E-state index contributed by atoms with van der Waals surface area (Å²) in [6.07, 6.45) is 2.82. The van der Waals surface area contributed by atoms with Crippen LogP contribution in [-0.4, -0.2) is 95.7 Å². The van der Waals surface area contributed by atoms with Crippen LogP contribution >= 0.6 is 0 Å². The number of rotatable bonds is 9. The molecular formula is C30H39N5O3. The number of aromatic nitrogens is 1. The zero-order chi connectivity index (χ0) is 26.3. The van der Waals surface area contributed by atoms with Crippen molar-refractivity contribution in [3.05, 3.63) is 83.6 Å². The standard InChI is InChI=1S/C30H39N5O3/c1-2-25-10-6-7-11-28(25)34-16-18-35(19-17-34)30(37)27-23-38-29(31-27)22-33-14-12-32(13-15-33)21-26(36)20-24-8-4-3-5-9-24/h3-11,23,26,36H,2,12-22H2,1H3/t26-/m0/s1. The quantitative estimate of drug-likeness (QED) is 0.468. The van der Waals surface area contributed by atoms with Crippen molar-refractivity contribution in [1.82, 2.24) is 19.7 Å². The van der Waals surface area contributed by atoms with Crippen molar-refractivity contribution in [2.75, 3.05) is 63.8 Å². The first-order valence-electron chi connectivity index (χ1n) is 13.8. The number of aliphatic hydroxyl groups is 1. The van der Waals surface area contributed by atoms with Gasteiger partial charge in [-0.15, -0.1) is 0 Å². The fraction of sp³-hybridized carbons (Fsp3) is 0.467. The molecular weight excluding hydrogens is 478 g/mol. The van der Waals surface area contributed by atoms with E-state index < -0.39 is 0 Å². The molecule has 0 bridgehead atoms. The summed E-state index contributed by atoms with van der Waals surface area (Å²) in [6, 6.07) is 18.7. The summed E-state index contributed by atoms with van der Waals surface area (Å²) in [5.41, 5.74) is 4.18. The number of benzene rings is 2. The minimum Gasteiger partial charge on any atom is -0.447 e. The Balaban J connectivity index is 1.06. The highest BCUT2D eigenvalue weighted by atomic mass is 16.3. The number of hydrogen-bond acceptors (Lipinski definition) is 7. The molecule has 5 rings (SSSR count). The van der Waals surface area contributed by atoms with Crippen molar-refractivity contribution >= 4 is 11.6 Å². The number of hydrogen-bond donors (Lipinski definition) is 1. The average molecular weight is 518 g/mol. The molecule has 2 fully saturated rings. The van der Waals surface area contributed by atoms with Gasteiger partial charge in [-0.1, -0.05) is 55.5 Å². The Bertz CT molecular complexity index is 1170. The second-order valence-corrected chi connectivity index (χ2v) is 10.3. The van der Waals surface area contributed by atoms with Crippen LogP contribution in [-0.2, 0) is 19.4 Å². The zero-order valence-corrected chi connectivity index (χ0v) is 22.3. The molecule has 2 aliphatic rings. The van der Waals surface area contributed by atoms with Crippen LogP contribution in [0.3, 0.4) is 0 Å². The number of para-hydroxylation sites is 1. The third-order valence-electron chi connectivity index (χ3n) is 7.66. The molecule has 0 aliphatic carbocycles. The summed E-state index contributed by atoms with van der Waals surface area (Å²) in [5, 5.41) is 10.5. The van der Waals surface area contributed by atoms with Crippen molar-refractivity contribution in [3.8, 4) is 0 Å². The highest BCUT2D eigenvalue weighted by Crippen LogP contribution is 2.23. The number of nitrogens with zero attached hydrogens (tertiary/aromatic N) is 5. The van der Waals surface area contributed by atoms with Crippen LogP contribution in [0.4, 0.5) is 5.69 Å². The van der Waals surface area contributed by atoms with Crippen LogP contribution < -0.4 is 4.90 Å². The Morgan fingerprint density at radius 1 is 0.921 bits per heavy atom. The molecule has 1 N–H and O–H groups in total. The Morgan fingerprint density at radius 2 is 1.61 bits per heavy atom. The van der Waals surface area contributed by atoms with Crippen LogP contribution in [0.5, 0.6) is 0 Å². The van der Waals surface area contributed by atoms with Gasteiger partial charge in [0.25, 0.3) is 5.91 Å². The predicted molar refractivity (Wildman–Crippen MR) is 148 cm³/mol. The SMILES string of the molecule is CCc1ccccc1N1CCN(C(=O)c2coc(CN3CCN(C[C@@H](O)Cc4ccccc4)CC3)n2)CC1. The van der Waals surface area contributed by atoms with Crippen molar-refractivity contribution < 1.29 is 14.3 Å². The number of amides is 1. The molecule has 8 heteroatoms. The smallest absolute Gasteiger partial charge is 0.275 e. The monoisotopic (exact) mass is 517 g/mol. The summed E-state index contributed by atoms with van der Waals surface area (Å²) in [4.78, 5) is 26.5. The van der Waals surface area contributed by atoms with E-state index in [9.17, 15) is 9.90 Å². The minimum atomic E-state index is -0.368. The first-order valence-corrected chi connectivity index (χ1v) is 13.8. The van der Waals surface area contributed by atoms with E-state index in [-0.39, 0.29) is 12.0 Å². The van der Waals surface area contributed by atoms with Crippen molar-refractivity contribution in [1.29, 1.82) is 0 Å². The van der Waals surface area contributed by atoms with E-state index in [2.05, 4.69) is 63.0 Å². The first-order chi connectivity index (χ1) is 18.6. The van der Waals surface area contributed by atoms with Crippen LogP contribution in [0.2, 0.25) is 0 Å². The number of carbonyl (C=O) groups is 1. The van der Waals surface area contributed by atoms with Gasteiger partial charge >= 0.3 is 0 Å². The van der Waals surface area contributed by atoms with E-state index in [1.165, 1.54) is 17.5 Å². The first kappa shape index (κ1) is 26.4. The summed E-state index contributed by atoms with van der Waals surface area (Å²) in [7, 11) is 0. The molecule has 1 atom stereocenters. The van der Waals surface area contributed by atoms with Gasteiger partial charge in [0.15, 0.2) is 5.69 Å². The lowest BCUT2D eigenvalue weighted by Crippen LogP contribution is -2.49. The molecule has 2 aromatic carbocycles. The molecule has 1 aromatic heterocycles. The molecule has 2 aliphatic heterocycles. The van der Waals surface area contributed by atoms with Gasteiger partial charge in [-0.25, -0.2) is 4.98 Å². The van der Waals surface area contributed by atoms with Crippen LogP contribution in [0.25, 0.3) is 0 Å². The lowest BCUT2D eigenvalue weighted by Gasteiger charge is -2.36. The fourth-order valence-corrected chi connectivity index (χ4v) is 5.48. The Kier molecular flexibility index (Phi) is 8.73. The summed E-state index contributed by atoms with van der Waals surface area (Å²) < 4.78 is 5.69. The molecule has 38 heavy (non-hydrogen) atoms. The Hall–Kier alpha value is -3.20. The van der Waals surface area contributed by atoms with Gasteiger partial charge in [-0.05, 0) is 30.0 Å². The number of piperazine rings is 2. The summed E-state index contributed by atoms with van der Waals surface area (Å²) in [6.45, 7) is 9.98. The minimum absolute atomic E-state index is 0.0550. The molecule has 8 nitrogen and oxygen atoms in total. The molecule has 0 unspecified atom stereocenters. The van der Waals surface area contributed by atoms with Gasteiger partial charge < -0.3 is 19.3 Å². The summed E-state index contributed by atoms with van der Waals surface area (Å²) >= 11 is 0. The number of β-amino-alcohol motifs (C(OH)–C–C–N with tert-alkyl or cyclic N) is 1. The molecule has 1 amide bonds. The maximum Gasteiger partial charge on any atom is 0.275 e. The van der Waals surface area contributed by atoms with Crippen LogP contribution in [0.15, 0.2) is 65.3 Å². The van der Waals surface area contributed by atoms with Crippen molar-refractivity contribution in [2.45, 2.75) is 32.4 Å². The number of oxazole rings is 1. The van der Waals surface area contributed by atoms with E-state index in [1.807, 2.05) is 23.1 Å². The predicted octanol–water partition coefficient (Wildman–Crippen LogP) is 2.92. The third-order valence-corrected chi connectivity index (χ3v) is 7.66. The van der Waals surface area contributed by atoms with E-state index in [4.69, 9.17) is 4.42 Å². The topological polar surface area (TPSA) is 76.3 Å². The normalized spacial score (nSPS) is 18.1. The van der Waals surface area contributed by atoms with Crippen LogP contribution in [0.1, 0.15) is 34.4 Å². The molecule has 3 aromatic rings. The largest absolute Gasteiger partial charge is 0.447 e. The van der Waals surface area contributed by atoms with Gasteiger partial charge in [-0.2, -0.15) is 0 Å². The Morgan fingerprint density at radius 3 is 2.34 bits per heavy atom. The molecule has 0 saturated carbocycles. The Labute approximate surface area is 225 Å². The number of carbonyl (C=O) groups excluding carboxylic acids is 1. The van der Waals surface area contributed by atoms with Gasteiger partial charge in [0, 0.05) is 64.6 Å². The molecule has 3 heterocycles. The van der Waals surface area contributed by atoms with Crippen molar-refractivity contribution in [3.63, 3.8) is 0 Å². The fourth-order valence-electron chi connectivity index (χ4n) is 5.48. The second-order valence-electron chi connectivity index (χ2n) is 10.3. The van der Waals surface area contributed by atoms with E-state index in [0.717, 1.165) is 51.3 Å². The molecule has 0 radical (unpaired) electrons. The number of aryl methyl sites for hydroxylation is 1. The van der Waals surface area contributed by atoms with E-state index in [0.29, 0.717) is 44.2 Å². The van der Waals surface area contributed by atoms with Gasteiger partial charge in [0.05, 0.1) is 12.6 Å². The van der Waals surface area contributed by atoms with E-state index in [1.54, 1.807) is 0 Å². The van der Waals surface area contributed by atoms with Crippen molar-refractivity contribution in [2.24, 2.45) is 0 Å².